The van der Waals surface area contributed by atoms with Crippen LogP contribution in [-0.2, 0) is 6.42 Å². The molecule has 3 N–H and O–H groups in total. The van der Waals surface area contributed by atoms with Gasteiger partial charge in [-0.05, 0) is 24.7 Å². The minimum Gasteiger partial charge on any atom is -0.321 e. The van der Waals surface area contributed by atoms with Gasteiger partial charge in [-0.1, -0.05) is 64.5 Å². The Kier molecular flexibility index (Phi) is 5.85. The molecule has 5 nitrogen and oxygen atoms in total. The maximum absolute atomic E-state index is 12.3. The number of nitrogen functional groups attached to an aromatic ring is 1. The number of unbranched alkanes of at least 4 members (excludes halogenated alkanes) is 4. The second-order valence-corrected chi connectivity index (χ2v) is 6.80. The summed E-state index contributed by atoms with van der Waals surface area (Å²) in [7, 11) is 0. The topological polar surface area (TPSA) is 80.9 Å². The standard InChI is InChI=1S/C18H29N3O2/c1-3-5-7-10-18(11-8-6-4-2)12-9-14-15(13-18)16(22)20-21(19)17(14)23/h9,12H,3-8,10-11,13,19H2,1-2H3,(H,20,22). The molecule has 0 bridgehead atoms. The summed E-state index contributed by atoms with van der Waals surface area (Å²) < 4.78 is 0. The highest BCUT2D eigenvalue weighted by molar-refractivity contribution is 5.56. The highest BCUT2D eigenvalue weighted by atomic mass is 16.2. The van der Waals surface area contributed by atoms with Crippen LogP contribution in [0.3, 0.4) is 0 Å². The van der Waals surface area contributed by atoms with E-state index in [0.717, 1.165) is 30.5 Å². The predicted molar refractivity (Wildman–Crippen MR) is 94.9 cm³/mol. The lowest BCUT2D eigenvalue weighted by Gasteiger charge is -2.34. The number of hydrogen-bond donors (Lipinski definition) is 2. The van der Waals surface area contributed by atoms with Crippen molar-refractivity contribution >= 4 is 6.08 Å². The molecule has 1 aromatic rings. The SMILES string of the molecule is CCCCCC1(CCCCC)C=Cc2c(c(=O)[nH]n(N)c2=O)C1. The Labute approximate surface area is 137 Å². The van der Waals surface area contributed by atoms with Crippen LogP contribution < -0.4 is 17.0 Å². The van der Waals surface area contributed by atoms with Crippen LogP contribution >= 0.6 is 0 Å². The minimum absolute atomic E-state index is 0.0115. The van der Waals surface area contributed by atoms with Crippen molar-refractivity contribution in [3.8, 4) is 0 Å². The van der Waals surface area contributed by atoms with Crippen LogP contribution in [0.4, 0.5) is 0 Å². The van der Waals surface area contributed by atoms with Gasteiger partial charge in [-0.2, -0.15) is 4.79 Å². The molecule has 0 radical (unpaired) electrons. The molecule has 128 valence electrons. The first kappa shape index (κ1) is 17.6. The third kappa shape index (κ3) is 3.95. The lowest BCUT2D eigenvalue weighted by atomic mass is 9.70. The number of aromatic nitrogens is 2. The Balaban J connectivity index is 2.31. The fourth-order valence-electron chi connectivity index (χ4n) is 3.55. The Morgan fingerprint density at radius 1 is 1.13 bits per heavy atom. The van der Waals surface area contributed by atoms with Crippen molar-refractivity contribution in [1.29, 1.82) is 0 Å². The van der Waals surface area contributed by atoms with Crippen LogP contribution in [0, 0.1) is 5.41 Å². The van der Waals surface area contributed by atoms with Crippen molar-refractivity contribution in [3.05, 3.63) is 37.9 Å². The largest absolute Gasteiger partial charge is 0.321 e. The van der Waals surface area contributed by atoms with Gasteiger partial charge in [0, 0.05) is 5.56 Å². The van der Waals surface area contributed by atoms with Crippen molar-refractivity contribution in [2.45, 2.75) is 71.6 Å². The summed E-state index contributed by atoms with van der Waals surface area (Å²) in [4.78, 5) is 25.2. The average molecular weight is 319 g/mol. The summed E-state index contributed by atoms with van der Waals surface area (Å²) in [6, 6.07) is 0. The molecule has 0 fully saturated rings. The molecule has 0 saturated heterocycles. The fraction of sp³-hybridized carbons (Fsp3) is 0.667. The first-order chi connectivity index (χ1) is 11.0. The Morgan fingerprint density at radius 3 is 2.30 bits per heavy atom. The van der Waals surface area contributed by atoms with Gasteiger partial charge in [-0.15, -0.1) is 0 Å². The first-order valence-electron chi connectivity index (χ1n) is 8.85. The van der Waals surface area contributed by atoms with E-state index in [2.05, 4.69) is 25.0 Å². The maximum atomic E-state index is 12.3. The van der Waals surface area contributed by atoms with E-state index in [4.69, 9.17) is 5.84 Å². The second-order valence-electron chi connectivity index (χ2n) is 6.80. The van der Waals surface area contributed by atoms with Crippen molar-refractivity contribution < 1.29 is 0 Å². The zero-order valence-electron chi connectivity index (χ0n) is 14.4. The van der Waals surface area contributed by atoms with Crippen LogP contribution in [0.15, 0.2) is 15.7 Å². The zero-order chi connectivity index (χ0) is 16.9. The maximum Gasteiger partial charge on any atom is 0.291 e. The van der Waals surface area contributed by atoms with Gasteiger partial charge in [-0.25, -0.2) is 5.10 Å². The van der Waals surface area contributed by atoms with E-state index in [-0.39, 0.29) is 16.5 Å². The number of hydrogen-bond acceptors (Lipinski definition) is 3. The van der Waals surface area contributed by atoms with E-state index < -0.39 is 0 Å². The monoisotopic (exact) mass is 319 g/mol. The number of rotatable bonds is 8. The van der Waals surface area contributed by atoms with Crippen LogP contribution in [0.5, 0.6) is 0 Å². The number of fused-ring (bicyclic) bond motifs is 1. The second kappa shape index (κ2) is 7.66. The average Bonchev–Trinajstić information content (AvgIpc) is 2.53. The quantitative estimate of drug-likeness (QED) is 0.571. The third-order valence-electron chi connectivity index (χ3n) is 4.96. The molecule has 5 heteroatoms. The van der Waals surface area contributed by atoms with Crippen LogP contribution in [0.25, 0.3) is 6.08 Å². The minimum atomic E-state index is -0.327. The Bertz CT molecular complexity index is 660. The van der Waals surface area contributed by atoms with Gasteiger partial charge in [0.2, 0.25) is 0 Å². The number of allylic oxidation sites excluding steroid dienone is 1. The Hall–Kier alpha value is -1.78. The predicted octanol–water partition coefficient (Wildman–Crippen LogP) is 2.97. The van der Waals surface area contributed by atoms with Gasteiger partial charge in [0.05, 0.1) is 5.56 Å². The number of H-pyrrole nitrogens is 1. The highest BCUT2D eigenvalue weighted by Gasteiger charge is 2.32. The lowest BCUT2D eigenvalue weighted by Crippen LogP contribution is -2.41. The number of nitrogens with zero attached hydrogens (tertiary/aromatic N) is 1. The molecule has 0 saturated carbocycles. The van der Waals surface area contributed by atoms with Crippen molar-refractivity contribution in [2.75, 3.05) is 5.84 Å². The molecule has 1 heterocycles. The molecule has 1 aliphatic rings. The van der Waals surface area contributed by atoms with E-state index in [0.29, 0.717) is 17.5 Å². The molecule has 0 spiro atoms. The summed E-state index contributed by atoms with van der Waals surface area (Å²) in [6.45, 7) is 4.40. The fourth-order valence-corrected chi connectivity index (χ4v) is 3.55. The van der Waals surface area contributed by atoms with Crippen LogP contribution in [0.2, 0.25) is 0 Å². The highest BCUT2D eigenvalue weighted by Crippen LogP contribution is 2.39. The van der Waals surface area contributed by atoms with E-state index in [1.54, 1.807) is 0 Å². The summed E-state index contributed by atoms with van der Waals surface area (Å²) in [5.41, 5.74) is 0.510. The van der Waals surface area contributed by atoms with Crippen molar-refractivity contribution in [3.63, 3.8) is 0 Å². The first-order valence-corrected chi connectivity index (χ1v) is 8.85. The summed E-state index contributed by atoms with van der Waals surface area (Å²) >= 11 is 0. The van der Waals surface area contributed by atoms with E-state index in [1.165, 1.54) is 25.7 Å². The molecule has 1 aliphatic carbocycles. The van der Waals surface area contributed by atoms with Crippen LogP contribution in [-0.4, -0.2) is 9.89 Å². The number of nitrogens with one attached hydrogen (secondary N) is 1. The molecule has 0 amide bonds. The summed E-state index contributed by atoms with van der Waals surface area (Å²) in [5, 5.41) is 2.43. The van der Waals surface area contributed by atoms with Gasteiger partial charge in [0.15, 0.2) is 0 Å². The smallest absolute Gasteiger partial charge is 0.291 e. The zero-order valence-corrected chi connectivity index (χ0v) is 14.4. The molecule has 0 unspecified atom stereocenters. The molecular weight excluding hydrogens is 290 g/mol. The van der Waals surface area contributed by atoms with Gasteiger partial charge in [0.1, 0.15) is 0 Å². The number of aromatic amines is 1. The van der Waals surface area contributed by atoms with E-state index in [9.17, 15) is 9.59 Å². The van der Waals surface area contributed by atoms with Gasteiger partial charge in [0.25, 0.3) is 11.1 Å². The van der Waals surface area contributed by atoms with Crippen molar-refractivity contribution in [1.82, 2.24) is 9.89 Å². The molecule has 23 heavy (non-hydrogen) atoms. The summed E-state index contributed by atoms with van der Waals surface area (Å²) in [5.74, 6) is 5.52. The molecule has 0 aromatic carbocycles. The lowest BCUT2D eigenvalue weighted by molar-refractivity contribution is 0.293. The summed E-state index contributed by atoms with van der Waals surface area (Å²) in [6.07, 6.45) is 13.9. The molecular formula is C18H29N3O2. The van der Waals surface area contributed by atoms with Gasteiger partial charge < -0.3 is 5.84 Å². The van der Waals surface area contributed by atoms with E-state index >= 15 is 0 Å². The van der Waals surface area contributed by atoms with Gasteiger partial charge in [-0.3, -0.25) is 9.59 Å². The van der Waals surface area contributed by atoms with E-state index in [1.807, 2.05) is 6.08 Å². The van der Waals surface area contributed by atoms with Crippen LogP contribution in [0.1, 0.15) is 76.3 Å². The molecule has 1 aromatic heterocycles. The molecule has 0 atom stereocenters. The molecule has 2 rings (SSSR count). The normalized spacial score (nSPS) is 15.6. The Morgan fingerprint density at radius 2 is 1.74 bits per heavy atom. The van der Waals surface area contributed by atoms with Gasteiger partial charge >= 0.3 is 0 Å². The number of nitrogens with two attached hydrogens (primary N) is 1. The third-order valence-corrected chi connectivity index (χ3v) is 4.96. The molecule has 0 aliphatic heterocycles. The van der Waals surface area contributed by atoms with Crippen molar-refractivity contribution in [2.24, 2.45) is 5.41 Å².